The van der Waals surface area contributed by atoms with E-state index in [1.54, 1.807) is 6.92 Å². The van der Waals surface area contributed by atoms with E-state index in [-0.39, 0.29) is 11.1 Å². The van der Waals surface area contributed by atoms with Crippen molar-refractivity contribution < 1.29 is 19.5 Å². The second-order valence-electron chi connectivity index (χ2n) is 4.06. The molecule has 0 fully saturated rings. The number of aliphatic carboxylic acids is 1. The molecule has 0 aromatic rings. The summed E-state index contributed by atoms with van der Waals surface area (Å²) in [5.41, 5.74) is 4.00. The van der Waals surface area contributed by atoms with Gasteiger partial charge >= 0.3 is 5.97 Å². The van der Waals surface area contributed by atoms with Gasteiger partial charge in [-0.25, -0.2) is 4.79 Å². The maximum Gasteiger partial charge on any atom is 0.331 e. The molecule has 0 saturated heterocycles. The highest BCUT2D eigenvalue weighted by Gasteiger charge is 2.31. The van der Waals surface area contributed by atoms with E-state index in [0.717, 1.165) is 0 Å². The molecule has 96 valence electrons. The molecule has 1 unspecified atom stereocenters. The molecule has 0 aromatic heterocycles. The van der Waals surface area contributed by atoms with Gasteiger partial charge in [-0.2, -0.15) is 0 Å². The predicted molar refractivity (Wildman–Crippen MR) is 62.0 cm³/mol. The highest BCUT2D eigenvalue weighted by atomic mass is 16.4. The van der Waals surface area contributed by atoms with Crippen molar-refractivity contribution >= 4 is 17.8 Å². The Hall–Kier alpha value is -1.85. The van der Waals surface area contributed by atoms with Crippen molar-refractivity contribution in [2.24, 2.45) is 5.73 Å². The first-order chi connectivity index (χ1) is 7.65. The van der Waals surface area contributed by atoms with Crippen LogP contribution in [0.4, 0.5) is 0 Å². The third kappa shape index (κ3) is 3.58. The third-order valence-electron chi connectivity index (χ3n) is 2.86. The molecule has 2 amide bonds. The minimum atomic E-state index is -1.17. The molecule has 0 aliphatic heterocycles. The standard InChI is InChI=1S/C11H18N2O4/c1-5-11(4,10(12)17)13-8(14)6(2)7(3)9(15)16/h5H2,1-4H3,(H2,12,17)(H,13,14)(H,15,16)/b7-6-. The number of hydrogen-bond donors (Lipinski definition) is 3. The Bertz CT molecular complexity index is 387. The van der Waals surface area contributed by atoms with Gasteiger partial charge in [0, 0.05) is 11.1 Å². The first-order valence-corrected chi connectivity index (χ1v) is 5.19. The summed E-state index contributed by atoms with van der Waals surface area (Å²) in [6.07, 6.45) is 0.327. The average molecular weight is 242 g/mol. The number of carboxylic acid groups (broad SMARTS) is 1. The lowest BCUT2D eigenvalue weighted by atomic mass is 9.97. The van der Waals surface area contributed by atoms with Gasteiger partial charge in [0.05, 0.1) is 0 Å². The normalized spacial score (nSPS) is 15.5. The first kappa shape index (κ1) is 15.2. The predicted octanol–water partition coefficient (Wildman–Crippen LogP) is 0.178. The summed E-state index contributed by atoms with van der Waals surface area (Å²) in [7, 11) is 0. The van der Waals surface area contributed by atoms with Crippen LogP contribution in [-0.2, 0) is 14.4 Å². The smallest absolute Gasteiger partial charge is 0.331 e. The van der Waals surface area contributed by atoms with Gasteiger partial charge in [-0.05, 0) is 27.2 Å². The fraction of sp³-hybridized carbons (Fsp3) is 0.545. The van der Waals surface area contributed by atoms with Gasteiger partial charge in [-0.3, -0.25) is 9.59 Å². The molecule has 6 nitrogen and oxygen atoms in total. The zero-order valence-electron chi connectivity index (χ0n) is 10.5. The highest BCUT2D eigenvalue weighted by molar-refractivity contribution is 6.03. The topological polar surface area (TPSA) is 109 Å². The molecule has 0 aliphatic rings. The Morgan fingerprint density at radius 1 is 1.24 bits per heavy atom. The van der Waals surface area contributed by atoms with Crippen LogP contribution < -0.4 is 11.1 Å². The number of hydrogen-bond acceptors (Lipinski definition) is 3. The van der Waals surface area contributed by atoms with Gasteiger partial charge in [-0.15, -0.1) is 0 Å². The summed E-state index contributed by atoms with van der Waals surface area (Å²) in [6.45, 7) is 5.91. The number of primary amides is 1. The largest absolute Gasteiger partial charge is 0.478 e. The maximum absolute atomic E-state index is 11.7. The van der Waals surface area contributed by atoms with Crippen LogP contribution in [0.15, 0.2) is 11.1 Å². The van der Waals surface area contributed by atoms with Crippen molar-refractivity contribution in [3.63, 3.8) is 0 Å². The van der Waals surface area contributed by atoms with Crippen molar-refractivity contribution in [1.29, 1.82) is 0 Å². The van der Waals surface area contributed by atoms with E-state index >= 15 is 0 Å². The fourth-order valence-corrected chi connectivity index (χ4v) is 0.999. The van der Waals surface area contributed by atoms with Gasteiger partial charge in [0.2, 0.25) is 11.8 Å². The lowest BCUT2D eigenvalue weighted by Crippen LogP contribution is -2.55. The number of nitrogens with two attached hydrogens (primary N) is 1. The minimum absolute atomic E-state index is 0.0541. The molecule has 4 N–H and O–H groups in total. The molecule has 0 bridgehead atoms. The summed E-state index contributed by atoms with van der Waals surface area (Å²) in [5, 5.41) is 11.2. The molecule has 6 heteroatoms. The van der Waals surface area contributed by atoms with E-state index in [9.17, 15) is 14.4 Å². The van der Waals surface area contributed by atoms with Crippen molar-refractivity contribution in [2.45, 2.75) is 39.7 Å². The lowest BCUT2D eigenvalue weighted by Gasteiger charge is -2.26. The molecule has 0 saturated carbocycles. The number of rotatable bonds is 5. The molecular formula is C11H18N2O4. The number of carbonyl (C=O) groups excluding carboxylic acids is 2. The second-order valence-corrected chi connectivity index (χ2v) is 4.06. The van der Waals surface area contributed by atoms with Gasteiger partial charge in [-0.1, -0.05) is 6.92 Å². The molecular weight excluding hydrogens is 224 g/mol. The molecule has 17 heavy (non-hydrogen) atoms. The van der Waals surface area contributed by atoms with Crippen LogP contribution in [0.1, 0.15) is 34.1 Å². The molecule has 0 radical (unpaired) electrons. The molecule has 0 rings (SSSR count). The van der Waals surface area contributed by atoms with Crippen LogP contribution in [-0.4, -0.2) is 28.4 Å². The third-order valence-corrected chi connectivity index (χ3v) is 2.86. The number of nitrogens with one attached hydrogen (secondary N) is 1. The lowest BCUT2D eigenvalue weighted by molar-refractivity contribution is -0.133. The Morgan fingerprint density at radius 3 is 2.00 bits per heavy atom. The monoisotopic (exact) mass is 242 g/mol. The van der Waals surface area contributed by atoms with E-state index in [4.69, 9.17) is 10.8 Å². The SMILES string of the molecule is CCC(C)(NC(=O)/C(C)=C(/C)C(=O)O)C(N)=O. The summed E-state index contributed by atoms with van der Waals surface area (Å²) in [4.78, 5) is 33.6. The zero-order valence-corrected chi connectivity index (χ0v) is 10.5. The fourth-order valence-electron chi connectivity index (χ4n) is 0.999. The van der Waals surface area contributed by atoms with Crippen LogP contribution in [0.5, 0.6) is 0 Å². The van der Waals surface area contributed by atoms with Crippen LogP contribution in [0.3, 0.4) is 0 Å². The summed E-state index contributed by atoms with van der Waals surface area (Å²) >= 11 is 0. The molecule has 0 heterocycles. The minimum Gasteiger partial charge on any atom is -0.478 e. The van der Waals surface area contributed by atoms with E-state index in [0.29, 0.717) is 6.42 Å². The Balaban J connectivity index is 5.06. The Morgan fingerprint density at radius 2 is 1.71 bits per heavy atom. The molecule has 0 aromatic carbocycles. The van der Waals surface area contributed by atoms with Crippen molar-refractivity contribution in [2.75, 3.05) is 0 Å². The summed E-state index contributed by atoms with van der Waals surface area (Å²) < 4.78 is 0. The number of carbonyl (C=O) groups is 3. The van der Waals surface area contributed by atoms with E-state index < -0.39 is 23.3 Å². The van der Waals surface area contributed by atoms with E-state index in [1.807, 2.05) is 0 Å². The van der Waals surface area contributed by atoms with Crippen LogP contribution in [0.25, 0.3) is 0 Å². The van der Waals surface area contributed by atoms with Crippen LogP contribution >= 0.6 is 0 Å². The molecule has 1 atom stereocenters. The van der Waals surface area contributed by atoms with Crippen LogP contribution in [0.2, 0.25) is 0 Å². The quantitative estimate of drug-likeness (QED) is 0.597. The summed E-state index contributed by atoms with van der Waals surface area (Å²) in [6, 6.07) is 0. The Labute approximate surface area is 99.9 Å². The average Bonchev–Trinajstić information content (AvgIpc) is 2.26. The number of amides is 2. The maximum atomic E-state index is 11.7. The van der Waals surface area contributed by atoms with Crippen molar-refractivity contribution in [1.82, 2.24) is 5.32 Å². The van der Waals surface area contributed by atoms with Crippen molar-refractivity contribution in [3.05, 3.63) is 11.1 Å². The van der Waals surface area contributed by atoms with Gasteiger partial charge in [0.25, 0.3) is 0 Å². The van der Waals surface area contributed by atoms with Crippen LogP contribution in [0, 0.1) is 0 Å². The molecule has 0 spiro atoms. The highest BCUT2D eigenvalue weighted by Crippen LogP contribution is 2.11. The van der Waals surface area contributed by atoms with E-state index in [1.165, 1.54) is 20.8 Å². The van der Waals surface area contributed by atoms with Gasteiger partial charge in [0.15, 0.2) is 0 Å². The molecule has 0 aliphatic carbocycles. The number of carboxylic acids is 1. The van der Waals surface area contributed by atoms with Gasteiger partial charge in [0.1, 0.15) is 5.54 Å². The first-order valence-electron chi connectivity index (χ1n) is 5.19. The zero-order chi connectivity index (χ0) is 13.8. The Kier molecular flexibility index (Phi) is 4.87. The van der Waals surface area contributed by atoms with Crippen molar-refractivity contribution in [3.8, 4) is 0 Å². The summed E-state index contributed by atoms with van der Waals surface area (Å²) in [5.74, 6) is -2.43. The second kappa shape index (κ2) is 5.47. The van der Waals surface area contributed by atoms with E-state index in [2.05, 4.69) is 5.32 Å². The van der Waals surface area contributed by atoms with Gasteiger partial charge < -0.3 is 16.2 Å².